The molecular formula is C14H11BrN2O3. The summed E-state index contributed by atoms with van der Waals surface area (Å²) in [4.78, 5) is 22.6. The zero-order valence-electron chi connectivity index (χ0n) is 10.6. The van der Waals surface area contributed by atoms with Crippen molar-refractivity contribution in [2.75, 3.05) is 5.32 Å². The van der Waals surface area contributed by atoms with Crippen LogP contribution in [-0.2, 0) is 0 Å². The lowest BCUT2D eigenvalue weighted by Gasteiger charge is -2.08. The molecule has 0 saturated heterocycles. The van der Waals surface area contributed by atoms with Crippen molar-refractivity contribution in [3.05, 3.63) is 68.2 Å². The Balaban J connectivity index is 2.33. The minimum absolute atomic E-state index is 0.135. The molecule has 2 rings (SSSR count). The number of nitro groups is 1. The van der Waals surface area contributed by atoms with Crippen LogP contribution in [0.5, 0.6) is 0 Å². The number of halogens is 1. The molecule has 6 heteroatoms. The van der Waals surface area contributed by atoms with Crippen LogP contribution in [0.15, 0.2) is 46.9 Å². The summed E-state index contributed by atoms with van der Waals surface area (Å²) in [5.74, 6) is -0.394. The second-order valence-corrected chi connectivity index (χ2v) is 5.07. The Kier molecular flexibility index (Phi) is 4.14. The van der Waals surface area contributed by atoms with Crippen LogP contribution < -0.4 is 5.32 Å². The SMILES string of the molecule is Cc1ccc(Br)c(C(=O)Nc2ccccc2[N+](=O)[O-])c1. The van der Waals surface area contributed by atoms with E-state index < -0.39 is 10.8 Å². The Labute approximate surface area is 123 Å². The van der Waals surface area contributed by atoms with E-state index >= 15 is 0 Å². The fraction of sp³-hybridized carbons (Fsp3) is 0.0714. The molecule has 0 heterocycles. The molecule has 0 unspecified atom stereocenters. The number of carbonyl (C=O) groups excluding carboxylic acids is 1. The highest BCUT2D eigenvalue weighted by Crippen LogP contribution is 2.25. The first-order chi connectivity index (χ1) is 9.49. The van der Waals surface area contributed by atoms with Crippen LogP contribution in [-0.4, -0.2) is 10.8 Å². The topological polar surface area (TPSA) is 72.2 Å². The fourth-order valence-corrected chi connectivity index (χ4v) is 2.17. The van der Waals surface area contributed by atoms with E-state index in [0.29, 0.717) is 10.0 Å². The van der Waals surface area contributed by atoms with Gasteiger partial charge in [0.2, 0.25) is 0 Å². The molecule has 5 nitrogen and oxygen atoms in total. The van der Waals surface area contributed by atoms with Gasteiger partial charge in [-0.2, -0.15) is 0 Å². The zero-order valence-corrected chi connectivity index (χ0v) is 12.2. The van der Waals surface area contributed by atoms with Crippen LogP contribution in [0.3, 0.4) is 0 Å². The third-order valence-electron chi connectivity index (χ3n) is 2.72. The van der Waals surface area contributed by atoms with Gasteiger partial charge in [-0.05, 0) is 41.1 Å². The summed E-state index contributed by atoms with van der Waals surface area (Å²) in [6, 6.07) is 11.4. The Morgan fingerprint density at radius 1 is 1.25 bits per heavy atom. The van der Waals surface area contributed by atoms with Gasteiger partial charge in [0, 0.05) is 10.5 Å². The van der Waals surface area contributed by atoms with E-state index in [-0.39, 0.29) is 11.4 Å². The van der Waals surface area contributed by atoms with Gasteiger partial charge in [-0.1, -0.05) is 23.8 Å². The largest absolute Gasteiger partial charge is 0.316 e. The molecule has 1 N–H and O–H groups in total. The second-order valence-electron chi connectivity index (χ2n) is 4.21. The van der Waals surface area contributed by atoms with Gasteiger partial charge in [0.05, 0.1) is 10.5 Å². The number of nitrogens with one attached hydrogen (secondary N) is 1. The van der Waals surface area contributed by atoms with Crippen LogP contribution >= 0.6 is 15.9 Å². The van der Waals surface area contributed by atoms with Gasteiger partial charge in [-0.3, -0.25) is 14.9 Å². The number of nitrogens with zero attached hydrogens (tertiary/aromatic N) is 1. The third-order valence-corrected chi connectivity index (χ3v) is 3.41. The third kappa shape index (κ3) is 3.03. The Morgan fingerprint density at radius 2 is 1.95 bits per heavy atom. The summed E-state index contributed by atoms with van der Waals surface area (Å²) in [5, 5.41) is 13.5. The summed E-state index contributed by atoms with van der Waals surface area (Å²) in [6.45, 7) is 1.87. The van der Waals surface area contributed by atoms with Crippen molar-refractivity contribution in [1.82, 2.24) is 0 Å². The molecular weight excluding hydrogens is 324 g/mol. The summed E-state index contributed by atoms with van der Waals surface area (Å²) >= 11 is 3.30. The van der Waals surface area contributed by atoms with Gasteiger partial charge in [0.25, 0.3) is 11.6 Å². The standard InChI is InChI=1S/C14H11BrN2O3/c1-9-6-7-11(15)10(8-9)14(18)16-12-4-2-3-5-13(12)17(19)20/h2-8H,1H3,(H,16,18). The van der Waals surface area contributed by atoms with E-state index in [1.807, 2.05) is 13.0 Å². The van der Waals surface area contributed by atoms with Crippen molar-refractivity contribution in [3.8, 4) is 0 Å². The minimum atomic E-state index is -0.527. The number of carbonyl (C=O) groups is 1. The number of nitro benzene ring substituents is 1. The van der Waals surface area contributed by atoms with Crippen molar-refractivity contribution >= 4 is 33.2 Å². The maximum atomic E-state index is 12.2. The van der Waals surface area contributed by atoms with Crippen molar-refractivity contribution in [1.29, 1.82) is 0 Å². The Bertz CT molecular complexity index is 686. The summed E-state index contributed by atoms with van der Waals surface area (Å²) in [7, 11) is 0. The number of hydrogen-bond acceptors (Lipinski definition) is 3. The van der Waals surface area contributed by atoms with Gasteiger partial charge < -0.3 is 5.32 Å². The van der Waals surface area contributed by atoms with Crippen molar-refractivity contribution < 1.29 is 9.72 Å². The molecule has 0 aliphatic heterocycles. The van der Waals surface area contributed by atoms with Gasteiger partial charge in [0.1, 0.15) is 5.69 Å². The second kappa shape index (κ2) is 5.83. The smallest absolute Gasteiger partial charge is 0.292 e. The molecule has 102 valence electrons. The summed E-state index contributed by atoms with van der Waals surface area (Å²) < 4.78 is 0.638. The predicted octanol–water partition coefficient (Wildman–Crippen LogP) is 3.92. The average Bonchev–Trinajstić information content (AvgIpc) is 2.41. The van der Waals surface area contributed by atoms with E-state index in [2.05, 4.69) is 21.2 Å². The van der Waals surface area contributed by atoms with Gasteiger partial charge in [0.15, 0.2) is 0 Å². The highest BCUT2D eigenvalue weighted by molar-refractivity contribution is 9.10. The molecule has 0 radical (unpaired) electrons. The Morgan fingerprint density at radius 3 is 2.65 bits per heavy atom. The van der Waals surface area contributed by atoms with E-state index in [1.165, 1.54) is 12.1 Å². The van der Waals surface area contributed by atoms with Crippen LogP contribution in [0.1, 0.15) is 15.9 Å². The van der Waals surface area contributed by atoms with E-state index in [9.17, 15) is 14.9 Å². The van der Waals surface area contributed by atoms with Crippen LogP contribution in [0.4, 0.5) is 11.4 Å². The molecule has 0 fully saturated rings. The quantitative estimate of drug-likeness (QED) is 0.683. The maximum Gasteiger partial charge on any atom is 0.292 e. The maximum absolute atomic E-state index is 12.2. The van der Waals surface area contributed by atoms with Gasteiger partial charge in [-0.15, -0.1) is 0 Å². The number of amides is 1. The molecule has 1 amide bonds. The van der Waals surface area contributed by atoms with Crippen LogP contribution in [0, 0.1) is 17.0 Å². The summed E-state index contributed by atoms with van der Waals surface area (Å²) in [5.41, 5.74) is 1.41. The van der Waals surface area contributed by atoms with Crippen LogP contribution in [0.2, 0.25) is 0 Å². The number of benzene rings is 2. The molecule has 0 atom stereocenters. The lowest BCUT2D eigenvalue weighted by atomic mass is 10.1. The molecule has 0 saturated carbocycles. The van der Waals surface area contributed by atoms with Gasteiger partial charge in [-0.25, -0.2) is 0 Å². The first-order valence-corrected chi connectivity index (χ1v) is 6.59. The lowest BCUT2D eigenvalue weighted by molar-refractivity contribution is -0.383. The first kappa shape index (κ1) is 14.2. The van der Waals surface area contributed by atoms with Crippen molar-refractivity contribution in [2.45, 2.75) is 6.92 Å². The van der Waals surface area contributed by atoms with Crippen molar-refractivity contribution in [3.63, 3.8) is 0 Å². The van der Waals surface area contributed by atoms with E-state index in [0.717, 1.165) is 5.56 Å². The highest BCUT2D eigenvalue weighted by atomic mass is 79.9. The lowest BCUT2D eigenvalue weighted by Crippen LogP contribution is -2.13. The molecule has 0 bridgehead atoms. The number of hydrogen-bond donors (Lipinski definition) is 1. The van der Waals surface area contributed by atoms with E-state index in [1.54, 1.807) is 24.3 Å². The number of para-hydroxylation sites is 2. The Hall–Kier alpha value is -2.21. The zero-order chi connectivity index (χ0) is 14.7. The normalized spacial score (nSPS) is 10.1. The number of aryl methyl sites for hydroxylation is 1. The molecule has 0 spiro atoms. The average molecular weight is 335 g/mol. The van der Waals surface area contributed by atoms with Gasteiger partial charge >= 0.3 is 0 Å². The molecule has 2 aromatic rings. The van der Waals surface area contributed by atoms with Crippen LogP contribution in [0.25, 0.3) is 0 Å². The predicted molar refractivity (Wildman–Crippen MR) is 79.9 cm³/mol. The fourth-order valence-electron chi connectivity index (χ4n) is 1.74. The van der Waals surface area contributed by atoms with E-state index in [4.69, 9.17) is 0 Å². The van der Waals surface area contributed by atoms with Crippen molar-refractivity contribution in [2.24, 2.45) is 0 Å². The molecule has 2 aromatic carbocycles. The minimum Gasteiger partial charge on any atom is -0.316 e. The molecule has 0 aliphatic carbocycles. The highest BCUT2D eigenvalue weighted by Gasteiger charge is 2.17. The monoisotopic (exact) mass is 334 g/mol. The number of rotatable bonds is 3. The molecule has 0 aromatic heterocycles. The molecule has 0 aliphatic rings. The number of anilines is 1. The molecule has 20 heavy (non-hydrogen) atoms. The summed E-state index contributed by atoms with van der Waals surface area (Å²) in [6.07, 6.45) is 0. The first-order valence-electron chi connectivity index (χ1n) is 5.80.